The molecule has 1 nitrogen and oxygen atoms in total. The summed E-state index contributed by atoms with van der Waals surface area (Å²) in [4.78, 5) is 0. The normalized spacial score (nSPS) is 34.5. The molecule has 0 aliphatic heterocycles. The highest BCUT2D eigenvalue weighted by molar-refractivity contribution is 9.10. The molecule has 0 saturated heterocycles. The van der Waals surface area contributed by atoms with E-state index in [0.717, 1.165) is 17.2 Å². The largest absolute Gasteiger partial charge is 0.381 e. The number of hydrogen-bond donors (Lipinski definition) is 1. The average molecular weight is 340 g/mol. The number of nitrogens with one attached hydrogen (secondary N) is 1. The van der Waals surface area contributed by atoms with Gasteiger partial charge in [0.15, 0.2) is 0 Å². The topological polar surface area (TPSA) is 12.0 Å². The number of rotatable bonds is 2. The van der Waals surface area contributed by atoms with Crippen LogP contribution >= 0.6 is 15.9 Å². The zero-order valence-corrected chi connectivity index (χ0v) is 14.3. The van der Waals surface area contributed by atoms with Crippen LogP contribution in [0.3, 0.4) is 0 Å². The summed E-state index contributed by atoms with van der Waals surface area (Å²) in [6, 6.07) is 3.95. The smallest absolute Gasteiger partial charge is 0.137 e. The highest BCUT2D eigenvalue weighted by Gasteiger charge is 2.59. The highest BCUT2D eigenvalue weighted by atomic mass is 79.9. The predicted molar refractivity (Wildman–Crippen MR) is 85.5 cm³/mol. The molecule has 3 rings (SSSR count). The molecule has 3 atom stereocenters. The molecule has 1 N–H and O–H groups in total. The quantitative estimate of drug-likeness (QED) is 0.747. The van der Waals surface area contributed by atoms with E-state index < -0.39 is 0 Å². The molecule has 2 saturated carbocycles. The predicted octanol–water partition coefficient (Wildman–Crippen LogP) is 5.52. The molecule has 2 aliphatic carbocycles. The van der Waals surface area contributed by atoms with Crippen LogP contribution in [-0.4, -0.2) is 6.04 Å². The summed E-state index contributed by atoms with van der Waals surface area (Å²) in [6.07, 6.45) is 3.98. The van der Waals surface area contributed by atoms with E-state index in [9.17, 15) is 4.39 Å². The monoisotopic (exact) mass is 339 g/mol. The minimum atomic E-state index is -0.188. The van der Waals surface area contributed by atoms with Crippen molar-refractivity contribution < 1.29 is 4.39 Å². The maximum Gasteiger partial charge on any atom is 0.137 e. The lowest BCUT2D eigenvalue weighted by molar-refractivity contribution is 0.155. The summed E-state index contributed by atoms with van der Waals surface area (Å²) < 4.78 is 14.1. The maximum absolute atomic E-state index is 13.6. The van der Waals surface area contributed by atoms with Gasteiger partial charge in [0.05, 0.1) is 4.47 Å². The first-order chi connectivity index (χ1) is 9.24. The Morgan fingerprint density at radius 3 is 2.60 bits per heavy atom. The first-order valence-corrected chi connectivity index (χ1v) is 8.25. The van der Waals surface area contributed by atoms with E-state index in [2.05, 4.69) is 42.0 Å². The van der Waals surface area contributed by atoms with Crippen molar-refractivity contribution in [2.24, 2.45) is 16.7 Å². The maximum atomic E-state index is 13.6. The van der Waals surface area contributed by atoms with Crippen molar-refractivity contribution in [3.63, 3.8) is 0 Å². The van der Waals surface area contributed by atoms with E-state index >= 15 is 0 Å². The number of aryl methyl sites for hydroxylation is 1. The summed E-state index contributed by atoms with van der Waals surface area (Å²) in [5.41, 5.74) is 2.72. The van der Waals surface area contributed by atoms with E-state index in [1.807, 2.05) is 13.0 Å². The van der Waals surface area contributed by atoms with Crippen LogP contribution in [0.25, 0.3) is 0 Å². The third kappa shape index (κ3) is 2.01. The van der Waals surface area contributed by atoms with Crippen LogP contribution in [0.2, 0.25) is 0 Å². The van der Waals surface area contributed by atoms with Gasteiger partial charge in [-0.05, 0) is 76.6 Å². The molecular weight excluding hydrogens is 317 g/mol. The van der Waals surface area contributed by atoms with Gasteiger partial charge in [0.1, 0.15) is 5.82 Å². The summed E-state index contributed by atoms with van der Waals surface area (Å²) >= 11 is 3.30. The van der Waals surface area contributed by atoms with Gasteiger partial charge in [-0.25, -0.2) is 4.39 Å². The molecule has 110 valence electrons. The summed E-state index contributed by atoms with van der Waals surface area (Å²) in [5, 5.41) is 3.74. The Kier molecular flexibility index (Phi) is 3.20. The lowest BCUT2D eigenvalue weighted by Crippen LogP contribution is -2.45. The summed E-state index contributed by atoms with van der Waals surface area (Å²) in [5.74, 6) is 0.626. The molecule has 2 bridgehead atoms. The van der Waals surface area contributed by atoms with E-state index in [1.165, 1.54) is 19.3 Å². The van der Waals surface area contributed by atoms with E-state index in [1.54, 1.807) is 6.07 Å². The second kappa shape index (κ2) is 4.46. The van der Waals surface area contributed by atoms with Gasteiger partial charge in [-0.15, -0.1) is 0 Å². The zero-order chi connectivity index (χ0) is 14.7. The van der Waals surface area contributed by atoms with E-state index in [4.69, 9.17) is 0 Å². The SMILES string of the molecule is Cc1cc(F)c(Br)cc1NC1C2(C)CCC(C2)C1(C)C. The second-order valence-corrected chi connectivity index (χ2v) is 8.43. The molecule has 20 heavy (non-hydrogen) atoms. The van der Waals surface area contributed by atoms with Crippen LogP contribution in [0, 0.1) is 29.5 Å². The minimum absolute atomic E-state index is 0.188. The van der Waals surface area contributed by atoms with Crippen LogP contribution in [0.15, 0.2) is 16.6 Å². The minimum Gasteiger partial charge on any atom is -0.381 e. The first kappa shape index (κ1) is 14.4. The van der Waals surface area contributed by atoms with Crippen LogP contribution in [0.1, 0.15) is 45.6 Å². The third-order valence-electron chi connectivity index (χ3n) is 5.84. The van der Waals surface area contributed by atoms with Crippen LogP contribution < -0.4 is 5.32 Å². The fourth-order valence-corrected chi connectivity index (χ4v) is 4.96. The molecule has 0 heterocycles. The summed E-state index contributed by atoms with van der Waals surface area (Å²) in [7, 11) is 0. The van der Waals surface area contributed by atoms with Gasteiger partial charge >= 0.3 is 0 Å². The fourth-order valence-electron chi connectivity index (χ4n) is 4.62. The van der Waals surface area contributed by atoms with Crippen molar-refractivity contribution >= 4 is 21.6 Å². The van der Waals surface area contributed by atoms with Gasteiger partial charge in [0, 0.05) is 11.7 Å². The van der Waals surface area contributed by atoms with Gasteiger partial charge in [-0.3, -0.25) is 0 Å². The molecule has 0 aromatic heterocycles. The van der Waals surface area contributed by atoms with Crippen LogP contribution in [-0.2, 0) is 0 Å². The lowest BCUT2D eigenvalue weighted by Gasteiger charge is -2.44. The second-order valence-electron chi connectivity index (χ2n) is 7.57. The van der Waals surface area contributed by atoms with Crippen molar-refractivity contribution in [3.05, 3.63) is 28.0 Å². The van der Waals surface area contributed by atoms with Crippen molar-refractivity contribution in [2.75, 3.05) is 5.32 Å². The standard InChI is InChI=1S/C17H23BrFN/c1-10-7-13(19)12(18)8-14(10)20-15-16(2,3)11-5-6-17(15,4)9-11/h7-8,11,15,20H,5-6,9H2,1-4H3. The molecule has 0 spiro atoms. The number of fused-ring (bicyclic) bond motifs is 2. The fraction of sp³-hybridized carbons (Fsp3) is 0.647. The Labute approximate surface area is 129 Å². The summed E-state index contributed by atoms with van der Waals surface area (Å²) in [6.45, 7) is 9.15. The lowest BCUT2D eigenvalue weighted by atomic mass is 9.68. The van der Waals surface area contributed by atoms with Crippen LogP contribution in [0.4, 0.5) is 10.1 Å². The highest BCUT2D eigenvalue weighted by Crippen LogP contribution is 2.63. The third-order valence-corrected chi connectivity index (χ3v) is 6.44. The number of halogens is 2. The van der Waals surface area contributed by atoms with Crippen LogP contribution in [0.5, 0.6) is 0 Å². The van der Waals surface area contributed by atoms with Crippen molar-refractivity contribution in [3.8, 4) is 0 Å². The first-order valence-electron chi connectivity index (χ1n) is 7.46. The molecule has 3 heteroatoms. The van der Waals surface area contributed by atoms with E-state index in [-0.39, 0.29) is 5.82 Å². The Morgan fingerprint density at radius 2 is 2.00 bits per heavy atom. The number of hydrogen-bond acceptors (Lipinski definition) is 1. The average Bonchev–Trinajstić information content (AvgIpc) is 2.82. The van der Waals surface area contributed by atoms with Gasteiger partial charge in [0.25, 0.3) is 0 Å². The van der Waals surface area contributed by atoms with Gasteiger partial charge in [-0.2, -0.15) is 0 Å². The molecule has 1 aromatic rings. The zero-order valence-electron chi connectivity index (χ0n) is 12.7. The number of benzene rings is 1. The Hall–Kier alpha value is -0.570. The van der Waals surface area contributed by atoms with Gasteiger partial charge in [-0.1, -0.05) is 20.8 Å². The van der Waals surface area contributed by atoms with E-state index in [0.29, 0.717) is 21.3 Å². The van der Waals surface area contributed by atoms with Crippen molar-refractivity contribution in [2.45, 2.75) is 53.0 Å². The Morgan fingerprint density at radius 1 is 1.30 bits per heavy atom. The molecule has 1 aromatic carbocycles. The molecule has 0 amide bonds. The molecular formula is C17H23BrFN. The molecule has 0 radical (unpaired) electrons. The van der Waals surface area contributed by atoms with Crippen molar-refractivity contribution in [1.29, 1.82) is 0 Å². The molecule has 2 fully saturated rings. The molecule has 2 aliphatic rings. The molecule has 3 unspecified atom stereocenters. The van der Waals surface area contributed by atoms with Crippen molar-refractivity contribution in [1.82, 2.24) is 0 Å². The number of anilines is 1. The van der Waals surface area contributed by atoms with Gasteiger partial charge < -0.3 is 5.32 Å². The Bertz CT molecular complexity index is 549. The Balaban J connectivity index is 1.93. The van der Waals surface area contributed by atoms with Gasteiger partial charge in [0.2, 0.25) is 0 Å².